The second-order valence-corrected chi connectivity index (χ2v) is 9.29. The van der Waals surface area contributed by atoms with Gasteiger partial charge in [0, 0.05) is 0 Å². The zero-order valence-electron chi connectivity index (χ0n) is 16.2. The maximum Gasteiger partial charge on any atom is 0.348 e. The summed E-state index contributed by atoms with van der Waals surface area (Å²) in [6.45, 7) is 0. The molecule has 1 aromatic carbocycles. The number of ether oxygens (including phenoxy) is 2. The molecule has 32 heavy (non-hydrogen) atoms. The molecule has 0 heterocycles. The predicted molar refractivity (Wildman–Crippen MR) is 116 cm³/mol. The van der Waals surface area contributed by atoms with Crippen molar-refractivity contribution in [3.63, 3.8) is 0 Å². The third kappa shape index (κ3) is 5.58. The van der Waals surface area contributed by atoms with Crippen molar-refractivity contribution >= 4 is 60.7 Å². The molecule has 0 aliphatic rings. The SMILES string of the molecule is CSC(F)C(F)(F)C(N)(S)C(=O)Oc1ccccc1OC(=O)C(N)(S)C(F)(F)C(F)SC. The van der Waals surface area contributed by atoms with E-state index >= 15 is 0 Å². The van der Waals surface area contributed by atoms with Crippen LogP contribution < -0.4 is 20.9 Å². The summed E-state index contributed by atoms with van der Waals surface area (Å²) >= 11 is 6.76. The lowest BCUT2D eigenvalue weighted by Gasteiger charge is -2.32. The van der Waals surface area contributed by atoms with Crippen LogP contribution in [0.15, 0.2) is 24.3 Å². The molecule has 0 bridgehead atoms. The number of nitrogens with two attached hydrogens (primary N) is 2. The highest BCUT2D eigenvalue weighted by atomic mass is 32.2. The minimum absolute atomic E-state index is 0.0545. The number of benzene rings is 1. The van der Waals surface area contributed by atoms with Crippen molar-refractivity contribution in [3.05, 3.63) is 24.3 Å². The molecule has 0 saturated carbocycles. The fraction of sp³-hybridized carbons (Fsp3) is 0.500. The lowest BCUT2D eigenvalue weighted by molar-refractivity contribution is -0.155. The molecule has 1 aromatic rings. The van der Waals surface area contributed by atoms with Gasteiger partial charge in [0.2, 0.25) is 20.7 Å². The lowest BCUT2D eigenvalue weighted by atomic mass is 10.1. The van der Waals surface area contributed by atoms with Crippen LogP contribution >= 0.6 is 48.8 Å². The molecule has 0 aliphatic heterocycles. The van der Waals surface area contributed by atoms with E-state index in [0.717, 1.165) is 24.6 Å². The van der Waals surface area contributed by atoms with Crippen LogP contribution in [0, 0.1) is 0 Å². The Morgan fingerprint density at radius 3 is 1.38 bits per heavy atom. The number of rotatable bonds is 10. The smallest absolute Gasteiger partial charge is 0.348 e. The molecule has 0 aromatic heterocycles. The van der Waals surface area contributed by atoms with Gasteiger partial charge in [0.1, 0.15) is 0 Å². The molecule has 0 amide bonds. The Labute approximate surface area is 198 Å². The Hall–Kier alpha value is -0.940. The molecular formula is C16H18F6N2O4S4. The Morgan fingerprint density at radius 1 is 0.844 bits per heavy atom. The molecule has 16 heteroatoms. The predicted octanol–water partition coefficient (Wildman–Crippen LogP) is 3.25. The maximum absolute atomic E-state index is 14.1. The van der Waals surface area contributed by atoms with Crippen LogP contribution in [-0.2, 0) is 9.59 Å². The molecule has 6 nitrogen and oxygen atoms in total. The second-order valence-electron chi connectivity index (χ2n) is 6.11. The van der Waals surface area contributed by atoms with Gasteiger partial charge in [0.15, 0.2) is 11.5 Å². The second kappa shape index (κ2) is 10.5. The lowest BCUT2D eigenvalue weighted by Crippen LogP contribution is -2.62. The first-order valence-corrected chi connectivity index (χ1v) is 11.6. The molecule has 4 unspecified atom stereocenters. The van der Waals surface area contributed by atoms with Crippen LogP contribution in [0.25, 0.3) is 0 Å². The molecule has 1 rings (SSSR count). The van der Waals surface area contributed by atoms with Crippen molar-refractivity contribution < 1.29 is 45.4 Å². The molecule has 4 atom stereocenters. The van der Waals surface area contributed by atoms with E-state index < -0.39 is 56.0 Å². The van der Waals surface area contributed by atoms with E-state index in [-0.39, 0.29) is 23.5 Å². The van der Waals surface area contributed by atoms with Gasteiger partial charge in [0.25, 0.3) is 0 Å². The third-order valence-corrected chi connectivity index (χ3v) is 6.26. The van der Waals surface area contributed by atoms with Crippen LogP contribution in [0.4, 0.5) is 26.3 Å². The van der Waals surface area contributed by atoms with Crippen molar-refractivity contribution in [2.24, 2.45) is 11.5 Å². The number of carbonyl (C=O) groups excluding carboxylic acids is 2. The molecule has 182 valence electrons. The zero-order chi connectivity index (χ0) is 25.1. The van der Waals surface area contributed by atoms with Gasteiger partial charge >= 0.3 is 23.8 Å². The van der Waals surface area contributed by atoms with E-state index in [4.69, 9.17) is 11.5 Å². The van der Waals surface area contributed by atoms with Crippen molar-refractivity contribution in [2.75, 3.05) is 12.5 Å². The summed E-state index contributed by atoms with van der Waals surface area (Å²) in [4.78, 5) is 17.4. The third-order valence-electron chi connectivity index (χ3n) is 3.88. The van der Waals surface area contributed by atoms with Crippen LogP contribution in [-0.4, -0.2) is 57.0 Å². The minimum atomic E-state index is -4.51. The number of para-hydroxylation sites is 2. The van der Waals surface area contributed by atoms with E-state index in [1.807, 2.05) is 0 Å². The zero-order valence-corrected chi connectivity index (χ0v) is 19.7. The fourth-order valence-corrected chi connectivity index (χ4v) is 3.34. The fourth-order valence-electron chi connectivity index (χ4n) is 1.89. The van der Waals surface area contributed by atoms with Gasteiger partial charge in [-0.05, 0) is 24.6 Å². The summed E-state index contributed by atoms with van der Waals surface area (Å²) in [6.07, 6.45) is 1.99. The van der Waals surface area contributed by atoms with Gasteiger partial charge in [-0.3, -0.25) is 0 Å². The van der Waals surface area contributed by atoms with Gasteiger partial charge in [-0.2, -0.15) is 17.6 Å². The van der Waals surface area contributed by atoms with Gasteiger partial charge in [-0.25, -0.2) is 18.4 Å². The highest BCUT2D eigenvalue weighted by Gasteiger charge is 2.62. The number of alkyl halides is 6. The first kappa shape index (κ1) is 29.1. The molecule has 0 saturated heterocycles. The normalized spacial score (nSPS) is 18.1. The van der Waals surface area contributed by atoms with Crippen LogP contribution in [0.2, 0.25) is 0 Å². The Kier molecular flexibility index (Phi) is 9.59. The summed E-state index contributed by atoms with van der Waals surface area (Å²) in [6, 6.07) is 4.20. The number of thioether (sulfide) groups is 2. The monoisotopic (exact) mass is 544 g/mol. The van der Waals surface area contributed by atoms with Crippen LogP contribution in [0.1, 0.15) is 0 Å². The van der Waals surface area contributed by atoms with E-state index in [9.17, 15) is 35.9 Å². The van der Waals surface area contributed by atoms with Crippen molar-refractivity contribution in [3.8, 4) is 11.5 Å². The molecular weight excluding hydrogens is 526 g/mol. The Balaban J connectivity index is 3.19. The first-order valence-electron chi connectivity index (χ1n) is 8.13. The largest absolute Gasteiger partial charge is 0.420 e. The van der Waals surface area contributed by atoms with Crippen molar-refractivity contribution in [1.82, 2.24) is 0 Å². The van der Waals surface area contributed by atoms with Gasteiger partial charge in [0.05, 0.1) is 0 Å². The molecule has 0 radical (unpaired) electrons. The minimum Gasteiger partial charge on any atom is -0.420 e. The highest BCUT2D eigenvalue weighted by molar-refractivity contribution is 7.99. The van der Waals surface area contributed by atoms with Crippen molar-refractivity contribution in [1.29, 1.82) is 0 Å². The van der Waals surface area contributed by atoms with Crippen LogP contribution in [0.5, 0.6) is 11.5 Å². The van der Waals surface area contributed by atoms with Gasteiger partial charge < -0.3 is 20.9 Å². The first-order chi connectivity index (χ1) is 14.5. The van der Waals surface area contributed by atoms with Gasteiger partial charge in [-0.15, -0.1) is 48.8 Å². The van der Waals surface area contributed by atoms with Crippen LogP contribution in [0.3, 0.4) is 0 Å². The number of hydrogen-bond donors (Lipinski definition) is 4. The number of esters is 2. The summed E-state index contributed by atoms with van der Waals surface area (Å²) in [7, 11) is 0. The van der Waals surface area contributed by atoms with E-state index in [2.05, 4.69) is 34.7 Å². The summed E-state index contributed by atoms with van der Waals surface area (Å²) < 4.78 is 93.0. The number of carbonyl (C=O) groups is 2. The highest BCUT2D eigenvalue weighted by Crippen LogP contribution is 2.42. The van der Waals surface area contributed by atoms with E-state index in [1.165, 1.54) is 12.1 Å². The summed E-state index contributed by atoms with van der Waals surface area (Å²) in [5, 5.41) is 0. The molecule has 0 aliphatic carbocycles. The summed E-state index contributed by atoms with van der Waals surface area (Å²) in [5.74, 6) is -14.4. The van der Waals surface area contributed by atoms with E-state index in [1.54, 1.807) is 0 Å². The Morgan fingerprint density at radius 2 is 1.12 bits per heavy atom. The summed E-state index contributed by atoms with van der Waals surface area (Å²) in [5.41, 5.74) is 4.52. The Bertz CT molecular complexity index is 780. The molecule has 0 spiro atoms. The number of halogens is 6. The number of thiol groups is 2. The standard InChI is InChI=1S/C16H18F6N2O4S4/c1-31-9(17)13(19,20)15(23,29)11(25)27-7-5-3-4-6-8(7)28-12(26)16(24,30)14(21,22)10(18)32-2/h3-6,9-10,29-30H,23-24H2,1-2H3. The topological polar surface area (TPSA) is 105 Å². The van der Waals surface area contributed by atoms with Gasteiger partial charge in [-0.1, -0.05) is 12.1 Å². The van der Waals surface area contributed by atoms with E-state index in [0.29, 0.717) is 0 Å². The van der Waals surface area contributed by atoms with Crippen molar-refractivity contribution in [2.45, 2.75) is 32.6 Å². The molecule has 0 fully saturated rings. The molecule has 4 N–H and O–H groups in total. The average Bonchev–Trinajstić information content (AvgIpc) is 2.72. The number of hydrogen-bond acceptors (Lipinski definition) is 10. The maximum atomic E-state index is 14.1. The average molecular weight is 545 g/mol. The quantitative estimate of drug-likeness (QED) is 0.117.